The predicted molar refractivity (Wildman–Crippen MR) is 112 cm³/mol. The maximum absolute atomic E-state index is 13.1. The van der Waals surface area contributed by atoms with Gasteiger partial charge in [0.15, 0.2) is 0 Å². The topological polar surface area (TPSA) is 24.8 Å². The molecule has 27 heavy (non-hydrogen) atoms. The number of benzene rings is 2. The van der Waals surface area contributed by atoms with E-state index in [0.717, 1.165) is 30.8 Å². The molecule has 2 aromatic carbocycles. The summed E-state index contributed by atoms with van der Waals surface area (Å²) in [5.41, 5.74) is 4.41. The molecule has 4 rings (SSSR count). The highest BCUT2D eigenvalue weighted by atomic mass is 35.5. The van der Waals surface area contributed by atoms with E-state index in [-0.39, 0.29) is 11.9 Å². The molecule has 140 valence electrons. The molecule has 1 amide bonds. The number of piperidine rings is 1. The van der Waals surface area contributed by atoms with Crippen LogP contribution in [-0.4, -0.2) is 32.1 Å². The Balaban J connectivity index is 1.66. The zero-order valence-electron chi connectivity index (χ0n) is 15.5. The fourth-order valence-electron chi connectivity index (χ4n) is 4.36. The fraction of sp³-hybridized carbons (Fsp3) is 0.318. The van der Waals surface area contributed by atoms with Crippen molar-refractivity contribution >= 4 is 40.9 Å². The fourth-order valence-corrected chi connectivity index (χ4v) is 4.84. The lowest BCUT2D eigenvalue weighted by atomic mass is 9.89. The van der Waals surface area contributed by atoms with Crippen LogP contribution in [0.2, 0.25) is 10.0 Å². The summed E-state index contributed by atoms with van der Waals surface area (Å²) in [7, 11) is 2.23. The Morgan fingerprint density at radius 2 is 2.04 bits per heavy atom. The van der Waals surface area contributed by atoms with E-state index >= 15 is 0 Å². The summed E-state index contributed by atoms with van der Waals surface area (Å²) in [5.74, 6) is 0.420. The minimum atomic E-state index is 0.0122. The molecule has 2 aromatic rings. The van der Waals surface area contributed by atoms with Crippen LogP contribution in [0.1, 0.15) is 29.0 Å². The van der Waals surface area contributed by atoms with Gasteiger partial charge < -0.3 is 9.80 Å². The van der Waals surface area contributed by atoms with E-state index in [9.17, 15) is 4.79 Å². The van der Waals surface area contributed by atoms with E-state index < -0.39 is 0 Å². The van der Waals surface area contributed by atoms with Crippen LogP contribution in [0.5, 0.6) is 0 Å². The van der Waals surface area contributed by atoms with E-state index in [1.807, 2.05) is 11.0 Å². The number of nitrogens with zero attached hydrogens (tertiary/aromatic N) is 1. The second-order valence-electron chi connectivity index (χ2n) is 7.64. The largest absolute Gasteiger partial charge is 0.337 e. The van der Waals surface area contributed by atoms with Crippen molar-refractivity contribution < 1.29 is 9.69 Å². The zero-order valence-corrected chi connectivity index (χ0v) is 17.0. The van der Waals surface area contributed by atoms with Crippen molar-refractivity contribution in [3.63, 3.8) is 0 Å². The van der Waals surface area contributed by atoms with E-state index in [2.05, 4.69) is 32.2 Å². The summed E-state index contributed by atoms with van der Waals surface area (Å²) < 4.78 is 0. The number of halogens is 2. The van der Waals surface area contributed by atoms with E-state index in [0.29, 0.717) is 16.0 Å². The Kier molecular flexibility index (Phi) is 5.02. The average Bonchev–Trinajstić information content (AvgIpc) is 2.94. The Morgan fingerprint density at radius 1 is 1.22 bits per heavy atom. The molecular formula is C22H23Cl2N2O+. The Hall–Kier alpha value is -1.81. The van der Waals surface area contributed by atoms with Gasteiger partial charge in [0.2, 0.25) is 0 Å². The number of hydrogen-bond acceptors (Lipinski definition) is 1. The zero-order chi connectivity index (χ0) is 19.1. The van der Waals surface area contributed by atoms with Crippen molar-refractivity contribution in [3.05, 3.63) is 69.2 Å². The van der Waals surface area contributed by atoms with Crippen LogP contribution in [0.25, 0.3) is 6.08 Å². The summed E-state index contributed by atoms with van der Waals surface area (Å²) in [6.45, 7) is 4.27. The third-order valence-electron chi connectivity index (χ3n) is 5.68. The lowest BCUT2D eigenvalue weighted by Gasteiger charge is -2.34. The average molecular weight is 402 g/mol. The minimum Gasteiger partial charge on any atom is -0.337 e. The number of likely N-dealkylation sites (N-methyl/N-ethyl adjacent to an activating group) is 1. The number of nitrogens with one attached hydrogen (secondary N) is 1. The highest BCUT2D eigenvalue weighted by Gasteiger charge is 2.45. The van der Waals surface area contributed by atoms with Gasteiger partial charge >= 0.3 is 0 Å². The number of carbonyl (C=O) groups is 1. The van der Waals surface area contributed by atoms with Crippen molar-refractivity contribution in [2.75, 3.05) is 25.0 Å². The number of fused-ring (bicyclic) bond motifs is 3. The summed E-state index contributed by atoms with van der Waals surface area (Å²) in [6, 6.07) is 12.0. The molecule has 0 aliphatic carbocycles. The van der Waals surface area contributed by atoms with Gasteiger partial charge in [-0.15, -0.1) is 0 Å². The van der Waals surface area contributed by atoms with Crippen molar-refractivity contribution in [1.82, 2.24) is 0 Å². The highest BCUT2D eigenvalue weighted by Crippen LogP contribution is 2.43. The van der Waals surface area contributed by atoms with Gasteiger partial charge in [-0.05, 0) is 42.3 Å². The molecular weight excluding hydrogens is 379 g/mol. The molecule has 0 aromatic heterocycles. The van der Waals surface area contributed by atoms with Crippen molar-refractivity contribution in [2.45, 2.75) is 25.3 Å². The molecule has 0 bridgehead atoms. The molecule has 0 spiro atoms. The van der Waals surface area contributed by atoms with Gasteiger partial charge in [-0.25, -0.2) is 0 Å². The number of hydrogen-bond donors (Lipinski definition) is 1. The van der Waals surface area contributed by atoms with Crippen molar-refractivity contribution in [3.8, 4) is 0 Å². The first kappa shape index (κ1) is 18.5. The van der Waals surface area contributed by atoms with Gasteiger partial charge in [-0.1, -0.05) is 47.0 Å². The van der Waals surface area contributed by atoms with E-state index in [1.165, 1.54) is 16.0 Å². The predicted octanol–water partition coefficient (Wildman–Crippen LogP) is 3.73. The van der Waals surface area contributed by atoms with Crippen molar-refractivity contribution in [2.24, 2.45) is 0 Å². The van der Waals surface area contributed by atoms with Crippen LogP contribution < -0.4 is 9.80 Å². The molecule has 2 aliphatic rings. The molecule has 3 nitrogen and oxygen atoms in total. The normalized spacial score (nSPS) is 24.1. The standard InChI is InChI=1S/C22H22Cl2N2O/c1-14-3-7-20-17(11-14)18-13-25(2)10-9-21(18)26(20)22(27)8-5-15-4-6-16(23)12-19(15)24/h3-8,11-12,18,21H,9-10,13H2,1-2H3/p+1/b8-5+/t18-,21+/m1/s1. The van der Waals surface area contributed by atoms with Crippen molar-refractivity contribution in [1.29, 1.82) is 0 Å². The third-order valence-corrected chi connectivity index (χ3v) is 6.24. The van der Waals surface area contributed by atoms with Crippen LogP contribution in [0.4, 0.5) is 5.69 Å². The second-order valence-corrected chi connectivity index (χ2v) is 8.49. The number of aryl methyl sites for hydroxylation is 1. The Morgan fingerprint density at radius 3 is 2.81 bits per heavy atom. The quantitative estimate of drug-likeness (QED) is 0.761. The first-order valence-electron chi connectivity index (χ1n) is 9.32. The van der Waals surface area contributed by atoms with E-state index in [1.54, 1.807) is 24.3 Å². The minimum absolute atomic E-state index is 0.0122. The molecule has 1 saturated heterocycles. The van der Waals surface area contributed by atoms with Gasteiger partial charge in [0.1, 0.15) is 0 Å². The van der Waals surface area contributed by atoms with Gasteiger partial charge in [0.05, 0.1) is 32.1 Å². The number of likely N-dealkylation sites (tertiary alicyclic amines) is 1. The van der Waals surface area contributed by atoms with Gasteiger partial charge in [0, 0.05) is 28.2 Å². The van der Waals surface area contributed by atoms with Crippen LogP contribution in [0.15, 0.2) is 42.5 Å². The number of carbonyl (C=O) groups excluding carboxylic acids is 1. The molecule has 0 saturated carbocycles. The van der Waals surface area contributed by atoms with Crippen LogP contribution >= 0.6 is 23.2 Å². The maximum atomic E-state index is 13.1. The van der Waals surface area contributed by atoms with Gasteiger partial charge in [0.25, 0.3) is 5.91 Å². The van der Waals surface area contributed by atoms with Gasteiger partial charge in [-0.3, -0.25) is 4.79 Å². The van der Waals surface area contributed by atoms with Crippen LogP contribution in [-0.2, 0) is 4.79 Å². The second kappa shape index (κ2) is 7.31. The SMILES string of the molecule is Cc1ccc2c(c1)[C@H]1C[NH+](C)CC[C@@H]1N2C(=O)/C=C/c1ccc(Cl)cc1Cl. The number of rotatable bonds is 2. The molecule has 2 aliphatic heterocycles. The Bertz CT molecular complexity index is 925. The first-order chi connectivity index (χ1) is 12.9. The molecule has 3 atom stereocenters. The molecule has 1 unspecified atom stereocenters. The summed E-state index contributed by atoms with van der Waals surface area (Å²) in [6.07, 6.45) is 4.43. The number of amides is 1. The lowest BCUT2D eigenvalue weighted by Crippen LogP contribution is -3.11. The monoisotopic (exact) mass is 401 g/mol. The summed E-state index contributed by atoms with van der Waals surface area (Å²) >= 11 is 12.2. The van der Waals surface area contributed by atoms with Crippen LogP contribution in [0, 0.1) is 6.92 Å². The van der Waals surface area contributed by atoms with Gasteiger partial charge in [-0.2, -0.15) is 0 Å². The molecule has 1 fully saturated rings. The lowest BCUT2D eigenvalue weighted by molar-refractivity contribution is -0.886. The molecule has 5 heteroatoms. The third kappa shape index (κ3) is 3.52. The molecule has 1 N–H and O–H groups in total. The molecule has 0 radical (unpaired) electrons. The van der Waals surface area contributed by atoms with Crippen LogP contribution in [0.3, 0.4) is 0 Å². The summed E-state index contributed by atoms with van der Waals surface area (Å²) in [4.78, 5) is 16.7. The first-order valence-corrected chi connectivity index (χ1v) is 10.1. The number of anilines is 1. The maximum Gasteiger partial charge on any atom is 0.251 e. The smallest absolute Gasteiger partial charge is 0.251 e. The highest BCUT2D eigenvalue weighted by molar-refractivity contribution is 6.35. The van der Waals surface area contributed by atoms with E-state index in [4.69, 9.17) is 23.2 Å². The number of quaternary nitrogens is 1. The molecule has 2 heterocycles. The Labute approximate surface area is 170 Å². The summed E-state index contributed by atoms with van der Waals surface area (Å²) in [5, 5.41) is 1.13.